The Morgan fingerprint density at radius 2 is 2.16 bits per heavy atom. The van der Waals surface area contributed by atoms with Crippen molar-refractivity contribution in [3.63, 3.8) is 0 Å². The zero-order chi connectivity index (χ0) is 14.4. The van der Waals surface area contributed by atoms with E-state index in [-0.39, 0.29) is 23.2 Å². The lowest BCUT2D eigenvalue weighted by atomic mass is 10.1. The minimum atomic E-state index is -1.04. The number of aromatic nitrogens is 1. The molecule has 0 aliphatic heterocycles. The highest BCUT2D eigenvalue weighted by atomic mass is 32.2. The highest BCUT2D eigenvalue weighted by molar-refractivity contribution is 7.98. The van der Waals surface area contributed by atoms with Crippen LogP contribution in [0.4, 0.5) is 0 Å². The van der Waals surface area contributed by atoms with Gasteiger partial charge < -0.3 is 10.4 Å². The summed E-state index contributed by atoms with van der Waals surface area (Å²) in [6.45, 7) is 3.59. The van der Waals surface area contributed by atoms with E-state index in [9.17, 15) is 9.59 Å². The third-order valence-electron chi connectivity index (χ3n) is 2.74. The average molecular weight is 282 g/mol. The maximum atomic E-state index is 12.0. The number of hydrogen-bond acceptors (Lipinski definition) is 4. The molecule has 1 aromatic heterocycles. The van der Waals surface area contributed by atoms with Crippen LogP contribution in [-0.2, 0) is 0 Å². The number of amides is 1. The summed E-state index contributed by atoms with van der Waals surface area (Å²) in [5.41, 5.74) is 0.716. The Labute approximate surface area is 116 Å². The largest absolute Gasteiger partial charge is 0.478 e. The molecule has 19 heavy (non-hydrogen) atoms. The number of aromatic carboxylic acids is 1. The van der Waals surface area contributed by atoms with Crippen LogP contribution in [0.1, 0.15) is 39.9 Å². The number of aryl methyl sites for hydroxylation is 1. The Kier molecular flexibility index (Phi) is 5.82. The predicted octanol–water partition coefficient (Wildman–Crippen LogP) is 1.96. The fraction of sp³-hybridized carbons (Fsp3) is 0.462. The van der Waals surface area contributed by atoms with Crippen LogP contribution in [0, 0.1) is 6.92 Å². The van der Waals surface area contributed by atoms with Gasteiger partial charge in [0.2, 0.25) is 0 Å². The Hall–Kier alpha value is -1.56. The molecule has 0 radical (unpaired) electrons. The Balaban J connectivity index is 2.83. The first-order chi connectivity index (χ1) is 8.99. The second-order valence-electron chi connectivity index (χ2n) is 4.17. The van der Waals surface area contributed by atoms with Gasteiger partial charge in [-0.15, -0.1) is 0 Å². The van der Waals surface area contributed by atoms with Crippen molar-refractivity contribution >= 4 is 23.6 Å². The molecule has 1 heterocycles. The van der Waals surface area contributed by atoms with E-state index in [1.54, 1.807) is 18.7 Å². The molecule has 104 valence electrons. The van der Waals surface area contributed by atoms with Gasteiger partial charge in [-0.1, -0.05) is 6.92 Å². The second kappa shape index (κ2) is 7.13. The van der Waals surface area contributed by atoms with Gasteiger partial charge in [0, 0.05) is 11.8 Å². The molecule has 1 aromatic rings. The van der Waals surface area contributed by atoms with Gasteiger partial charge in [0.15, 0.2) is 0 Å². The molecule has 2 N–H and O–H groups in total. The van der Waals surface area contributed by atoms with Crippen LogP contribution in [0.5, 0.6) is 0 Å². The molecule has 0 bridgehead atoms. The summed E-state index contributed by atoms with van der Waals surface area (Å²) in [5.74, 6) is -0.458. The molecule has 5 nitrogen and oxygen atoms in total. The van der Waals surface area contributed by atoms with E-state index in [2.05, 4.69) is 10.3 Å². The monoisotopic (exact) mass is 282 g/mol. The minimum Gasteiger partial charge on any atom is -0.478 e. The van der Waals surface area contributed by atoms with Crippen molar-refractivity contribution < 1.29 is 14.7 Å². The number of carboxylic acids is 1. The van der Waals surface area contributed by atoms with Crippen LogP contribution >= 0.6 is 11.8 Å². The van der Waals surface area contributed by atoms with E-state index in [4.69, 9.17) is 5.11 Å². The topological polar surface area (TPSA) is 79.3 Å². The molecule has 1 atom stereocenters. The second-order valence-corrected chi connectivity index (χ2v) is 5.08. The van der Waals surface area contributed by atoms with Crippen molar-refractivity contribution in [2.75, 3.05) is 12.0 Å². The Morgan fingerprint density at radius 3 is 2.63 bits per heavy atom. The number of nitrogens with one attached hydrogen (secondary N) is 1. The zero-order valence-corrected chi connectivity index (χ0v) is 12.1. The van der Waals surface area contributed by atoms with E-state index >= 15 is 0 Å². The molecular formula is C13H18N2O3S. The van der Waals surface area contributed by atoms with Gasteiger partial charge in [-0.3, -0.25) is 4.79 Å². The summed E-state index contributed by atoms with van der Waals surface area (Å²) in [7, 11) is 0. The van der Waals surface area contributed by atoms with Crippen LogP contribution in [0.2, 0.25) is 0 Å². The molecule has 0 spiro atoms. The molecule has 0 aromatic carbocycles. The van der Waals surface area contributed by atoms with E-state index in [1.807, 2.05) is 13.2 Å². The summed E-state index contributed by atoms with van der Waals surface area (Å²) in [6.07, 6.45) is 2.83. The van der Waals surface area contributed by atoms with Gasteiger partial charge in [-0.25, -0.2) is 9.78 Å². The molecule has 0 aliphatic carbocycles. The number of hydrogen-bond donors (Lipinski definition) is 2. The van der Waals surface area contributed by atoms with Gasteiger partial charge >= 0.3 is 5.97 Å². The van der Waals surface area contributed by atoms with Gasteiger partial charge in [0.05, 0.1) is 11.3 Å². The lowest BCUT2D eigenvalue weighted by molar-refractivity contribution is 0.0694. The lowest BCUT2D eigenvalue weighted by Gasteiger charge is -2.15. The first kappa shape index (κ1) is 15.5. The van der Waals surface area contributed by atoms with Gasteiger partial charge in [0.25, 0.3) is 5.91 Å². The summed E-state index contributed by atoms with van der Waals surface area (Å²) in [6, 6.07) is 2.95. The first-order valence-electron chi connectivity index (χ1n) is 6.00. The summed E-state index contributed by atoms with van der Waals surface area (Å²) >= 11 is 1.67. The minimum absolute atomic E-state index is 0.101. The lowest BCUT2D eigenvalue weighted by Crippen LogP contribution is -2.36. The van der Waals surface area contributed by atoms with Crippen molar-refractivity contribution in [1.29, 1.82) is 0 Å². The molecular weight excluding hydrogens is 264 g/mol. The number of carbonyl (C=O) groups is 2. The number of nitrogens with zero attached hydrogens (tertiary/aromatic N) is 1. The number of rotatable bonds is 6. The quantitative estimate of drug-likeness (QED) is 0.833. The van der Waals surface area contributed by atoms with Gasteiger partial charge in [-0.2, -0.15) is 11.8 Å². The molecule has 0 aliphatic rings. The maximum Gasteiger partial charge on any atom is 0.337 e. The van der Waals surface area contributed by atoms with Crippen molar-refractivity contribution in [1.82, 2.24) is 10.3 Å². The molecule has 0 saturated heterocycles. The van der Waals surface area contributed by atoms with Gasteiger partial charge in [-0.05, 0) is 31.7 Å². The molecule has 6 heteroatoms. The fourth-order valence-corrected chi connectivity index (χ4v) is 2.36. The van der Waals surface area contributed by atoms with E-state index < -0.39 is 5.97 Å². The van der Waals surface area contributed by atoms with E-state index in [0.29, 0.717) is 5.69 Å². The van der Waals surface area contributed by atoms with Crippen molar-refractivity contribution in [2.45, 2.75) is 26.3 Å². The van der Waals surface area contributed by atoms with Crippen molar-refractivity contribution in [3.05, 3.63) is 29.1 Å². The van der Waals surface area contributed by atoms with Crippen LogP contribution in [0.3, 0.4) is 0 Å². The number of thioether (sulfide) groups is 1. The van der Waals surface area contributed by atoms with Crippen LogP contribution < -0.4 is 5.32 Å². The normalized spacial score (nSPS) is 11.9. The van der Waals surface area contributed by atoms with Crippen LogP contribution in [-0.4, -0.2) is 40.0 Å². The predicted molar refractivity (Wildman–Crippen MR) is 75.9 cm³/mol. The van der Waals surface area contributed by atoms with Crippen molar-refractivity contribution in [2.24, 2.45) is 0 Å². The Bertz CT molecular complexity index is 477. The highest BCUT2D eigenvalue weighted by Crippen LogP contribution is 2.08. The average Bonchev–Trinajstić information content (AvgIpc) is 2.37. The standard InChI is InChI=1S/C13H18N2O3S/c1-4-9(7-19-3)15-12(16)11-6-5-10(13(17)18)8(2)14-11/h5-6,9H,4,7H2,1-3H3,(H,15,16)(H,17,18). The number of carbonyl (C=O) groups excluding carboxylic acids is 1. The van der Waals surface area contributed by atoms with Crippen LogP contribution in [0.15, 0.2) is 12.1 Å². The van der Waals surface area contributed by atoms with Crippen LogP contribution in [0.25, 0.3) is 0 Å². The third-order valence-corrected chi connectivity index (χ3v) is 3.48. The maximum absolute atomic E-state index is 12.0. The third kappa shape index (κ3) is 4.24. The van der Waals surface area contributed by atoms with Gasteiger partial charge in [0.1, 0.15) is 5.69 Å². The summed E-state index contributed by atoms with van der Waals surface area (Å²) in [4.78, 5) is 26.9. The molecule has 1 rings (SSSR count). The van der Waals surface area contributed by atoms with E-state index in [1.165, 1.54) is 12.1 Å². The molecule has 1 unspecified atom stereocenters. The summed E-state index contributed by atoms with van der Waals surface area (Å²) < 4.78 is 0. The highest BCUT2D eigenvalue weighted by Gasteiger charge is 2.15. The zero-order valence-electron chi connectivity index (χ0n) is 11.3. The smallest absolute Gasteiger partial charge is 0.337 e. The fourth-order valence-electron chi connectivity index (χ4n) is 1.64. The first-order valence-corrected chi connectivity index (χ1v) is 7.39. The SMILES string of the molecule is CCC(CSC)NC(=O)c1ccc(C(=O)O)c(C)n1. The molecule has 1 amide bonds. The van der Waals surface area contributed by atoms with Crippen molar-refractivity contribution in [3.8, 4) is 0 Å². The molecule has 0 fully saturated rings. The molecule has 0 saturated carbocycles. The van der Waals surface area contributed by atoms with E-state index in [0.717, 1.165) is 12.2 Å². The number of pyridine rings is 1. The Morgan fingerprint density at radius 1 is 1.47 bits per heavy atom. The summed E-state index contributed by atoms with van der Waals surface area (Å²) in [5, 5.41) is 11.8. The number of carboxylic acid groups (broad SMARTS) is 1.